The van der Waals surface area contributed by atoms with Crippen molar-refractivity contribution in [2.45, 2.75) is 19.8 Å². The molecule has 0 spiro atoms. The zero-order valence-electron chi connectivity index (χ0n) is 11.7. The highest BCUT2D eigenvalue weighted by atomic mass is 16.5. The Bertz CT molecular complexity index is 340. The Hall–Kier alpha value is -1.30. The minimum absolute atomic E-state index is 0.256. The standard InChI is InChI=1S/C13H24N4O2/c1-2-3-17-10-11(8-12(17)18)9-15-13(14)16-4-6-19-7-5-16/h11H,2-10H2,1H3,(H2,14,15). The molecule has 108 valence electrons. The number of aliphatic imine (C=N–C) groups is 1. The van der Waals surface area contributed by atoms with Crippen molar-refractivity contribution in [3.05, 3.63) is 0 Å². The molecule has 6 heteroatoms. The molecule has 2 N–H and O–H groups in total. The molecular formula is C13H24N4O2. The maximum atomic E-state index is 11.7. The van der Waals surface area contributed by atoms with E-state index < -0.39 is 0 Å². The Morgan fingerprint density at radius 1 is 1.47 bits per heavy atom. The van der Waals surface area contributed by atoms with Crippen LogP contribution in [-0.2, 0) is 9.53 Å². The van der Waals surface area contributed by atoms with E-state index in [1.54, 1.807) is 0 Å². The van der Waals surface area contributed by atoms with Crippen molar-refractivity contribution in [1.82, 2.24) is 9.80 Å². The van der Waals surface area contributed by atoms with Crippen molar-refractivity contribution in [3.63, 3.8) is 0 Å². The van der Waals surface area contributed by atoms with Crippen molar-refractivity contribution in [3.8, 4) is 0 Å². The van der Waals surface area contributed by atoms with Gasteiger partial charge in [0.05, 0.1) is 13.2 Å². The predicted octanol–water partition coefficient (Wildman–Crippen LogP) is -0.108. The first-order chi connectivity index (χ1) is 9.20. The fourth-order valence-corrected chi connectivity index (χ4v) is 2.58. The van der Waals surface area contributed by atoms with E-state index in [1.807, 2.05) is 9.80 Å². The Morgan fingerprint density at radius 2 is 2.21 bits per heavy atom. The number of nitrogens with two attached hydrogens (primary N) is 1. The lowest BCUT2D eigenvalue weighted by Gasteiger charge is -2.27. The lowest BCUT2D eigenvalue weighted by Crippen LogP contribution is -2.45. The third kappa shape index (κ3) is 3.83. The number of guanidine groups is 1. The molecule has 1 atom stereocenters. The Kier molecular flexibility index (Phi) is 5.01. The van der Waals surface area contributed by atoms with E-state index in [0.29, 0.717) is 38.1 Å². The molecule has 2 aliphatic rings. The molecule has 2 fully saturated rings. The van der Waals surface area contributed by atoms with Gasteiger partial charge in [-0.25, -0.2) is 0 Å². The van der Waals surface area contributed by atoms with Crippen LogP contribution in [0.15, 0.2) is 4.99 Å². The topological polar surface area (TPSA) is 71.2 Å². The largest absolute Gasteiger partial charge is 0.378 e. The number of ether oxygens (including phenoxy) is 1. The second kappa shape index (κ2) is 6.75. The van der Waals surface area contributed by atoms with Gasteiger partial charge in [-0.3, -0.25) is 9.79 Å². The minimum atomic E-state index is 0.256. The van der Waals surface area contributed by atoms with E-state index in [9.17, 15) is 4.79 Å². The minimum Gasteiger partial charge on any atom is -0.378 e. The third-order valence-electron chi connectivity index (χ3n) is 3.63. The normalized spacial score (nSPS) is 25.2. The van der Waals surface area contributed by atoms with Gasteiger partial charge in [0.15, 0.2) is 5.96 Å². The van der Waals surface area contributed by atoms with Crippen molar-refractivity contribution in [2.75, 3.05) is 45.9 Å². The molecule has 2 rings (SSSR count). The summed E-state index contributed by atoms with van der Waals surface area (Å²) in [6, 6.07) is 0. The van der Waals surface area contributed by atoms with E-state index in [2.05, 4.69) is 11.9 Å². The number of hydrogen-bond acceptors (Lipinski definition) is 3. The molecule has 1 unspecified atom stereocenters. The number of amides is 1. The van der Waals surface area contributed by atoms with Gasteiger partial charge in [0, 0.05) is 45.1 Å². The molecule has 1 amide bonds. The average Bonchev–Trinajstić information content (AvgIpc) is 2.78. The number of rotatable bonds is 4. The summed E-state index contributed by atoms with van der Waals surface area (Å²) in [4.78, 5) is 20.2. The molecule has 19 heavy (non-hydrogen) atoms. The smallest absolute Gasteiger partial charge is 0.222 e. The maximum absolute atomic E-state index is 11.7. The van der Waals surface area contributed by atoms with Crippen LogP contribution in [0.5, 0.6) is 0 Å². The highest BCUT2D eigenvalue weighted by Gasteiger charge is 2.28. The summed E-state index contributed by atoms with van der Waals surface area (Å²) >= 11 is 0. The van der Waals surface area contributed by atoms with Crippen LogP contribution in [0.4, 0.5) is 0 Å². The van der Waals surface area contributed by atoms with Crippen LogP contribution in [0, 0.1) is 5.92 Å². The van der Waals surface area contributed by atoms with Crippen LogP contribution in [0.1, 0.15) is 19.8 Å². The summed E-state index contributed by atoms with van der Waals surface area (Å²) in [5.41, 5.74) is 5.98. The summed E-state index contributed by atoms with van der Waals surface area (Å²) < 4.78 is 5.28. The third-order valence-corrected chi connectivity index (χ3v) is 3.63. The van der Waals surface area contributed by atoms with Gasteiger partial charge in [-0.15, -0.1) is 0 Å². The van der Waals surface area contributed by atoms with Crippen LogP contribution in [0.3, 0.4) is 0 Å². The van der Waals surface area contributed by atoms with Gasteiger partial charge < -0.3 is 20.3 Å². The van der Waals surface area contributed by atoms with Gasteiger partial charge >= 0.3 is 0 Å². The van der Waals surface area contributed by atoms with Gasteiger partial charge in [-0.05, 0) is 6.42 Å². The number of carbonyl (C=O) groups excluding carboxylic acids is 1. The first-order valence-electron chi connectivity index (χ1n) is 7.11. The average molecular weight is 268 g/mol. The lowest BCUT2D eigenvalue weighted by molar-refractivity contribution is -0.127. The highest BCUT2D eigenvalue weighted by Crippen LogP contribution is 2.18. The summed E-state index contributed by atoms with van der Waals surface area (Å²) in [6.45, 7) is 7.46. The molecule has 2 heterocycles. The second-order valence-corrected chi connectivity index (χ2v) is 5.21. The van der Waals surface area contributed by atoms with Gasteiger partial charge in [0.1, 0.15) is 0 Å². The van der Waals surface area contributed by atoms with Gasteiger partial charge in [0.25, 0.3) is 0 Å². The van der Waals surface area contributed by atoms with Crippen molar-refractivity contribution < 1.29 is 9.53 Å². The van der Waals surface area contributed by atoms with Crippen molar-refractivity contribution >= 4 is 11.9 Å². The SMILES string of the molecule is CCCN1CC(CN=C(N)N2CCOCC2)CC1=O. The monoisotopic (exact) mass is 268 g/mol. The van der Waals surface area contributed by atoms with E-state index in [4.69, 9.17) is 10.5 Å². The molecular weight excluding hydrogens is 244 g/mol. The number of nitrogens with zero attached hydrogens (tertiary/aromatic N) is 3. The number of hydrogen-bond donors (Lipinski definition) is 1. The van der Waals surface area contributed by atoms with Gasteiger partial charge in [-0.2, -0.15) is 0 Å². The number of morpholine rings is 1. The predicted molar refractivity (Wildman–Crippen MR) is 73.9 cm³/mol. The van der Waals surface area contributed by atoms with Crippen LogP contribution in [0.25, 0.3) is 0 Å². The highest BCUT2D eigenvalue weighted by molar-refractivity contribution is 5.79. The van der Waals surface area contributed by atoms with Crippen LogP contribution >= 0.6 is 0 Å². The molecule has 6 nitrogen and oxygen atoms in total. The molecule has 2 saturated heterocycles. The molecule has 0 aliphatic carbocycles. The molecule has 0 aromatic rings. The molecule has 0 bridgehead atoms. The van der Waals surface area contributed by atoms with Crippen LogP contribution < -0.4 is 5.73 Å². The lowest BCUT2D eigenvalue weighted by atomic mass is 10.1. The molecule has 0 saturated carbocycles. The van der Waals surface area contributed by atoms with E-state index in [-0.39, 0.29) is 5.91 Å². The molecule has 0 aromatic carbocycles. The van der Waals surface area contributed by atoms with Crippen LogP contribution in [0.2, 0.25) is 0 Å². The fraction of sp³-hybridized carbons (Fsp3) is 0.846. The van der Waals surface area contributed by atoms with Gasteiger partial charge in [0.2, 0.25) is 5.91 Å². The Labute approximate surface area is 114 Å². The Balaban J connectivity index is 1.80. The molecule has 0 radical (unpaired) electrons. The Morgan fingerprint density at radius 3 is 2.89 bits per heavy atom. The van der Waals surface area contributed by atoms with Crippen LogP contribution in [-0.4, -0.2) is 67.6 Å². The van der Waals surface area contributed by atoms with E-state index >= 15 is 0 Å². The summed E-state index contributed by atoms with van der Waals surface area (Å²) in [5, 5.41) is 0. The zero-order valence-corrected chi connectivity index (χ0v) is 11.7. The quantitative estimate of drug-likeness (QED) is 0.570. The maximum Gasteiger partial charge on any atom is 0.222 e. The molecule has 0 aromatic heterocycles. The summed E-state index contributed by atoms with van der Waals surface area (Å²) in [6.07, 6.45) is 1.62. The first kappa shape index (κ1) is 14.1. The number of likely N-dealkylation sites (tertiary alicyclic amines) is 1. The second-order valence-electron chi connectivity index (χ2n) is 5.21. The van der Waals surface area contributed by atoms with E-state index in [0.717, 1.165) is 32.6 Å². The molecule has 2 aliphatic heterocycles. The van der Waals surface area contributed by atoms with Gasteiger partial charge in [-0.1, -0.05) is 6.92 Å². The fourth-order valence-electron chi connectivity index (χ4n) is 2.58. The first-order valence-corrected chi connectivity index (χ1v) is 7.11. The zero-order chi connectivity index (χ0) is 13.7. The summed E-state index contributed by atoms with van der Waals surface area (Å²) in [5.74, 6) is 1.16. The van der Waals surface area contributed by atoms with Crippen molar-refractivity contribution in [2.24, 2.45) is 16.6 Å². The number of carbonyl (C=O) groups is 1. The summed E-state index contributed by atoms with van der Waals surface area (Å²) in [7, 11) is 0. The van der Waals surface area contributed by atoms with Crippen molar-refractivity contribution in [1.29, 1.82) is 0 Å². The van der Waals surface area contributed by atoms with E-state index in [1.165, 1.54) is 0 Å².